The average Bonchev–Trinajstić information content (AvgIpc) is 2.64. The highest BCUT2D eigenvalue weighted by molar-refractivity contribution is 4.91. The summed E-state index contributed by atoms with van der Waals surface area (Å²) in [6.07, 6.45) is 5.48. The van der Waals surface area contributed by atoms with Crippen molar-refractivity contribution in [2.24, 2.45) is 17.8 Å². The summed E-state index contributed by atoms with van der Waals surface area (Å²) < 4.78 is 0. The SMILES string of the molecule is OC[C@@H]1CC[C@H]2C[C@@H]2C1. The molecule has 0 aliphatic heterocycles. The molecule has 2 fully saturated rings. The van der Waals surface area contributed by atoms with Crippen molar-refractivity contribution >= 4 is 0 Å². The molecule has 0 saturated heterocycles. The van der Waals surface area contributed by atoms with E-state index >= 15 is 0 Å². The first-order chi connectivity index (χ1) is 4.40. The first kappa shape index (κ1) is 5.72. The number of hydrogen-bond acceptors (Lipinski definition) is 1. The molecule has 2 rings (SSSR count). The van der Waals surface area contributed by atoms with Crippen LogP contribution in [0.4, 0.5) is 0 Å². The van der Waals surface area contributed by atoms with Gasteiger partial charge in [0.05, 0.1) is 0 Å². The molecule has 2 saturated carbocycles. The molecule has 2 aliphatic rings. The lowest BCUT2D eigenvalue weighted by Crippen LogP contribution is -2.11. The number of hydrogen-bond donors (Lipinski definition) is 1. The van der Waals surface area contributed by atoms with Gasteiger partial charge >= 0.3 is 0 Å². The highest BCUT2D eigenvalue weighted by Crippen LogP contribution is 2.51. The van der Waals surface area contributed by atoms with Gasteiger partial charge in [0.15, 0.2) is 0 Å². The van der Waals surface area contributed by atoms with Crippen molar-refractivity contribution in [2.75, 3.05) is 6.61 Å². The van der Waals surface area contributed by atoms with Crippen molar-refractivity contribution in [1.29, 1.82) is 0 Å². The topological polar surface area (TPSA) is 20.2 Å². The number of aliphatic hydroxyl groups is 1. The van der Waals surface area contributed by atoms with E-state index in [0.717, 1.165) is 11.8 Å². The van der Waals surface area contributed by atoms with Gasteiger partial charge in [-0.25, -0.2) is 0 Å². The predicted octanol–water partition coefficient (Wildman–Crippen LogP) is 1.41. The molecule has 52 valence electrons. The van der Waals surface area contributed by atoms with Gasteiger partial charge in [-0.15, -0.1) is 0 Å². The maximum absolute atomic E-state index is 8.83. The second-order valence-corrected chi connectivity index (χ2v) is 3.62. The lowest BCUT2D eigenvalue weighted by molar-refractivity contribution is 0.185. The predicted molar refractivity (Wildman–Crippen MR) is 36.0 cm³/mol. The van der Waals surface area contributed by atoms with Crippen LogP contribution in [0.25, 0.3) is 0 Å². The van der Waals surface area contributed by atoms with Gasteiger partial charge in [0.1, 0.15) is 0 Å². The second-order valence-electron chi connectivity index (χ2n) is 3.62. The van der Waals surface area contributed by atoms with Crippen LogP contribution in [0.2, 0.25) is 0 Å². The zero-order valence-electron chi connectivity index (χ0n) is 5.71. The van der Waals surface area contributed by atoms with Crippen molar-refractivity contribution in [3.05, 3.63) is 0 Å². The maximum Gasteiger partial charge on any atom is 0.0459 e. The van der Waals surface area contributed by atoms with E-state index in [0.29, 0.717) is 12.5 Å². The molecular formula is C8H14O. The third-order valence-corrected chi connectivity index (χ3v) is 2.91. The van der Waals surface area contributed by atoms with Crippen molar-refractivity contribution < 1.29 is 5.11 Å². The van der Waals surface area contributed by atoms with E-state index < -0.39 is 0 Å². The fourth-order valence-corrected chi connectivity index (χ4v) is 2.11. The summed E-state index contributed by atoms with van der Waals surface area (Å²) in [5, 5.41) is 8.83. The third-order valence-electron chi connectivity index (χ3n) is 2.91. The molecule has 0 aromatic carbocycles. The molecule has 3 atom stereocenters. The summed E-state index contributed by atoms with van der Waals surface area (Å²) in [6.45, 7) is 0.434. The molecule has 0 radical (unpaired) electrons. The summed E-state index contributed by atoms with van der Waals surface area (Å²) in [5.41, 5.74) is 0. The van der Waals surface area contributed by atoms with E-state index in [1.165, 1.54) is 25.7 Å². The first-order valence-corrected chi connectivity index (χ1v) is 4.01. The van der Waals surface area contributed by atoms with Crippen LogP contribution in [0.15, 0.2) is 0 Å². The minimum absolute atomic E-state index is 0.434. The van der Waals surface area contributed by atoms with Crippen LogP contribution in [-0.2, 0) is 0 Å². The molecule has 9 heavy (non-hydrogen) atoms. The Bertz CT molecular complexity index is 111. The molecule has 1 nitrogen and oxygen atoms in total. The minimum atomic E-state index is 0.434. The van der Waals surface area contributed by atoms with E-state index in [1.807, 2.05) is 0 Å². The number of fused-ring (bicyclic) bond motifs is 1. The highest BCUT2D eigenvalue weighted by Gasteiger charge is 2.41. The van der Waals surface area contributed by atoms with Crippen molar-refractivity contribution in [3.8, 4) is 0 Å². The lowest BCUT2D eigenvalue weighted by Gasteiger charge is -2.17. The molecule has 0 heterocycles. The smallest absolute Gasteiger partial charge is 0.0459 e. The number of aliphatic hydroxyl groups excluding tert-OH is 1. The second kappa shape index (κ2) is 1.98. The van der Waals surface area contributed by atoms with Crippen LogP contribution in [-0.4, -0.2) is 11.7 Å². The molecule has 1 N–H and O–H groups in total. The fourth-order valence-electron chi connectivity index (χ4n) is 2.11. The molecule has 0 unspecified atom stereocenters. The molecule has 0 amide bonds. The Hall–Kier alpha value is -0.0400. The van der Waals surface area contributed by atoms with E-state index in [4.69, 9.17) is 5.11 Å². The Labute approximate surface area is 56.1 Å². The summed E-state index contributed by atoms with van der Waals surface area (Å²) >= 11 is 0. The third kappa shape index (κ3) is 0.983. The highest BCUT2D eigenvalue weighted by atomic mass is 16.3. The quantitative estimate of drug-likeness (QED) is 0.563. The van der Waals surface area contributed by atoms with Crippen LogP contribution >= 0.6 is 0 Å². The summed E-state index contributed by atoms with van der Waals surface area (Å²) in [4.78, 5) is 0. The fraction of sp³-hybridized carbons (Fsp3) is 1.00. The Balaban J connectivity index is 1.86. The van der Waals surface area contributed by atoms with Gasteiger partial charge in [-0.2, -0.15) is 0 Å². The maximum atomic E-state index is 8.83. The Morgan fingerprint density at radius 1 is 1.11 bits per heavy atom. The largest absolute Gasteiger partial charge is 0.396 e. The van der Waals surface area contributed by atoms with Crippen molar-refractivity contribution in [3.63, 3.8) is 0 Å². The zero-order valence-corrected chi connectivity index (χ0v) is 5.71. The molecule has 2 aliphatic carbocycles. The summed E-state index contributed by atoms with van der Waals surface area (Å²) in [5.74, 6) is 2.76. The number of rotatable bonds is 1. The summed E-state index contributed by atoms with van der Waals surface area (Å²) in [6, 6.07) is 0. The molecule has 1 heteroatoms. The van der Waals surface area contributed by atoms with Crippen LogP contribution in [0, 0.1) is 17.8 Å². The van der Waals surface area contributed by atoms with Gasteiger partial charge < -0.3 is 5.11 Å². The van der Waals surface area contributed by atoms with Gasteiger partial charge in [0, 0.05) is 6.61 Å². The van der Waals surface area contributed by atoms with Crippen molar-refractivity contribution in [2.45, 2.75) is 25.7 Å². The monoisotopic (exact) mass is 126 g/mol. The zero-order chi connectivity index (χ0) is 6.27. The van der Waals surface area contributed by atoms with E-state index in [-0.39, 0.29) is 0 Å². The van der Waals surface area contributed by atoms with E-state index in [9.17, 15) is 0 Å². The van der Waals surface area contributed by atoms with Crippen LogP contribution in [0.3, 0.4) is 0 Å². The first-order valence-electron chi connectivity index (χ1n) is 4.01. The molecule has 0 spiro atoms. The summed E-state index contributed by atoms with van der Waals surface area (Å²) in [7, 11) is 0. The van der Waals surface area contributed by atoms with Gasteiger partial charge in [0.25, 0.3) is 0 Å². The van der Waals surface area contributed by atoms with Crippen LogP contribution < -0.4 is 0 Å². The van der Waals surface area contributed by atoms with Gasteiger partial charge in [-0.3, -0.25) is 0 Å². The van der Waals surface area contributed by atoms with E-state index in [1.54, 1.807) is 0 Å². The molecule has 0 bridgehead atoms. The minimum Gasteiger partial charge on any atom is -0.396 e. The average molecular weight is 126 g/mol. The van der Waals surface area contributed by atoms with Gasteiger partial charge in [-0.1, -0.05) is 0 Å². The van der Waals surface area contributed by atoms with Crippen LogP contribution in [0.5, 0.6) is 0 Å². The molecular weight excluding hydrogens is 112 g/mol. The normalized spacial score (nSPS) is 48.3. The van der Waals surface area contributed by atoms with Gasteiger partial charge in [0.2, 0.25) is 0 Å². The lowest BCUT2D eigenvalue weighted by atomic mass is 9.90. The van der Waals surface area contributed by atoms with E-state index in [2.05, 4.69) is 0 Å². The van der Waals surface area contributed by atoms with Crippen LogP contribution in [0.1, 0.15) is 25.7 Å². The molecule has 0 aromatic heterocycles. The standard InChI is InChI=1S/C8H14O/c9-5-6-1-2-7-4-8(7)3-6/h6-9H,1-5H2/t6-,7+,8+/m1/s1. The Morgan fingerprint density at radius 2 is 2.00 bits per heavy atom. The Morgan fingerprint density at radius 3 is 2.67 bits per heavy atom. The van der Waals surface area contributed by atoms with Gasteiger partial charge in [-0.05, 0) is 43.4 Å². The Kier molecular flexibility index (Phi) is 1.26. The van der Waals surface area contributed by atoms with Crippen molar-refractivity contribution in [1.82, 2.24) is 0 Å². The molecule has 0 aromatic rings.